The molecule has 0 unspecified atom stereocenters. The molecule has 0 saturated heterocycles. The molecule has 0 radical (unpaired) electrons. The number of hydrogen-bond donors (Lipinski definition) is 5. The molecule has 6 N–H and O–H groups in total. The van der Waals surface area contributed by atoms with Crippen LogP contribution in [0.1, 0.15) is 29.7 Å². The van der Waals surface area contributed by atoms with Gasteiger partial charge in [0.2, 0.25) is 5.91 Å². The maximum atomic E-state index is 13.6. The number of carboxylic acid groups (broad SMARTS) is 1. The zero-order valence-electron chi connectivity index (χ0n) is 20.8. The van der Waals surface area contributed by atoms with Crippen LogP contribution in [0.15, 0.2) is 66.7 Å². The molecular formula is C27H30N4O6. The number of carbonyl (C=O) groups is 2. The van der Waals surface area contributed by atoms with Crippen LogP contribution in [0.25, 0.3) is 0 Å². The van der Waals surface area contributed by atoms with Crippen molar-refractivity contribution in [1.29, 1.82) is 5.41 Å². The largest absolute Gasteiger partial charge is 0.493 e. The van der Waals surface area contributed by atoms with E-state index in [0.29, 0.717) is 28.3 Å². The van der Waals surface area contributed by atoms with Gasteiger partial charge < -0.3 is 35.7 Å². The van der Waals surface area contributed by atoms with Crippen molar-refractivity contribution in [3.05, 3.63) is 83.4 Å². The Morgan fingerprint density at radius 3 is 2.16 bits per heavy atom. The SMILES string of the molecule is COc1cc(O[C@H](C)C(=O)O)c([C@H](Nc2ccc(C(=N)N)cc2)C(=O)NCc2ccccc2)cc1OC. The van der Waals surface area contributed by atoms with Gasteiger partial charge in [-0.25, -0.2) is 4.79 Å². The highest BCUT2D eigenvalue weighted by Gasteiger charge is 2.28. The van der Waals surface area contributed by atoms with Crippen molar-refractivity contribution in [3.8, 4) is 17.2 Å². The molecule has 10 heteroatoms. The van der Waals surface area contributed by atoms with Gasteiger partial charge in [0, 0.05) is 29.4 Å². The standard InChI is InChI=1S/C27H30N4O6/c1-16(27(33)34)37-21-14-23(36-3)22(35-2)13-20(21)24(26(32)30-15-17-7-5-4-6-8-17)31-19-11-9-18(10-12-19)25(28)29/h4-14,16,24,31H,15H2,1-3H3,(H3,28,29)(H,30,32)(H,33,34)/t16-,24+/m1/s1. The molecule has 37 heavy (non-hydrogen) atoms. The number of methoxy groups -OCH3 is 2. The lowest BCUT2D eigenvalue weighted by atomic mass is 10.0. The molecule has 1 amide bonds. The van der Waals surface area contributed by atoms with E-state index in [1.165, 1.54) is 27.2 Å². The van der Waals surface area contributed by atoms with Gasteiger partial charge >= 0.3 is 5.97 Å². The van der Waals surface area contributed by atoms with Crippen molar-refractivity contribution in [2.24, 2.45) is 5.73 Å². The summed E-state index contributed by atoms with van der Waals surface area (Å²) in [6.07, 6.45) is -1.19. The molecule has 3 rings (SSSR count). The van der Waals surface area contributed by atoms with E-state index in [4.69, 9.17) is 25.4 Å². The molecule has 0 aliphatic rings. The van der Waals surface area contributed by atoms with Gasteiger partial charge in [-0.05, 0) is 42.8 Å². The predicted octanol–water partition coefficient (Wildman–Crippen LogP) is 3.31. The summed E-state index contributed by atoms with van der Waals surface area (Å²) in [5.41, 5.74) is 7.90. The van der Waals surface area contributed by atoms with Gasteiger partial charge in [-0.15, -0.1) is 0 Å². The number of rotatable bonds is 12. The minimum Gasteiger partial charge on any atom is -0.493 e. The lowest BCUT2D eigenvalue weighted by Crippen LogP contribution is -2.34. The van der Waals surface area contributed by atoms with E-state index in [0.717, 1.165) is 5.56 Å². The van der Waals surface area contributed by atoms with Crippen LogP contribution in [0.3, 0.4) is 0 Å². The van der Waals surface area contributed by atoms with Crippen molar-refractivity contribution in [2.45, 2.75) is 25.6 Å². The monoisotopic (exact) mass is 506 g/mol. The van der Waals surface area contributed by atoms with E-state index in [2.05, 4.69) is 10.6 Å². The first-order chi connectivity index (χ1) is 17.7. The number of carbonyl (C=O) groups excluding carboxylic acids is 1. The molecule has 0 spiro atoms. The van der Waals surface area contributed by atoms with Crippen molar-refractivity contribution < 1.29 is 28.9 Å². The molecule has 0 aliphatic carbocycles. The molecule has 3 aromatic carbocycles. The number of nitrogen functional groups attached to an aromatic ring is 1. The molecular weight excluding hydrogens is 476 g/mol. The highest BCUT2D eigenvalue weighted by atomic mass is 16.5. The Morgan fingerprint density at radius 1 is 0.973 bits per heavy atom. The second-order valence-corrected chi connectivity index (χ2v) is 8.12. The third-order valence-corrected chi connectivity index (χ3v) is 5.56. The summed E-state index contributed by atoms with van der Waals surface area (Å²) in [6.45, 7) is 1.66. The first-order valence-corrected chi connectivity index (χ1v) is 11.4. The summed E-state index contributed by atoms with van der Waals surface area (Å²) >= 11 is 0. The number of anilines is 1. The van der Waals surface area contributed by atoms with E-state index < -0.39 is 18.1 Å². The number of ether oxygens (including phenoxy) is 3. The van der Waals surface area contributed by atoms with Crippen LogP contribution in [0.5, 0.6) is 17.2 Å². The summed E-state index contributed by atoms with van der Waals surface area (Å²) in [7, 11) is 2.90. The summed E-state index contributed by atoms with van der Waals surface area (Å²) in [6, 6.07) is 18.2. The predicted molar refractivity (Wildman–Crippen MR) is 139 cm³/mol. The van der Waals surface area contributed by atoms with E-state index in [9.17, 15) is 14.7 Å². The number of aliphatic carboxylic acids is 1. The molecule has 0 fully saturated rings. The van der Waals surface area contributed by atoms with Crippen LogP contribution in [0.2, 0.25) is 0 Å². The van der Waals surface area contributed by atoms with Crippen LogP contribution in [-0.4, -0.2) is 43.1 Å². The number of amides is 1. The molecule has 0 aliphatic heterocycles. The lowest BCUT2D eigenvalue weighted by molar-refractivity contribution is -0.144. The van der Waals surface area contributed by atoms with Gasteiger partial charge in [-0.1, -0.05) is 30.3 Å². The smallest absolute Gasteiger partial charge is 0.344 e. The van der Waals surface area contributed by atoms with Crippen molar-refractivity contribution in [2.75, 3.05) is 19.5 Å². The molecule has 194 valence electrons. The molecule has 2 atom stereocenters. The van der Waals surface area contributed by atoms with Crippen LogP contribution < -0.4 is 30.6 Å². The summed E-state index contributed by atoms with van der Waals surface area (Å²) in [5.74, 6) is -0.851. The molecule has 0 bridgehead atoms. The normalized spacial score (nSPS) is 12.1. The van der Waals surface area contributed by atoms with Crippen molar-refractivity contribution in [3.63, 3.8) is 0 Å². The van der Waals surface area contributed by atoms with Gasteiger partial charge in [0.15, 0.2) is 17.6 Å². The van der Waals surface area contributed by atoms with Gasteiger partial charge in [0.1, 0.15) is 17.6 Å². The minimum atomic E-state index is -1.19. The fraction of sp³-hybridized carbons (Fsp3) is 0.222. The van der Waals surface area contributed by atoms with Crippen molar-refractivity contribution >= 4 is 23.4 Å². The summed E-state index contributed by atoms with van der Waals surface area (Å²) < 4.78 is 16.5. The average Bonchev–Trinajstić information content (AvgIpc) is 2.91. The van der Waals surface area contributed by atoms with E-state index in [1.807, 2.05) is 30.3 Å². The van der Waals surface area contributed by atoms with Gasteiger partial charge in [-0.2, -0.15) is 0 Å². The number of nitrogens with one attached hydrogen (secondary N) is 3. The quantitative estimate of drug-likeness (QED) is 0.185. The lowest BCUT2D eigenvalue weighted by Gasteiger charge is -2.25. The second-order valence-electron chi connectivity index (χ2n) is 8.12. The number of amidine groups is 1. The van der Waals surface area contributed by atoms with Gasteiger partial charge in [0.05, 0.1) is 14.2 Å². The Labute approximate surface area is 214 Å². The van der Waals surface area contributed by atoms with Gasteiger partial charge in [0.25, 0.3) is 0 Å². The van der Waals surface area contributed by atoms with Crippen LogP contribution in [-0.2, 0) is 16.1 Å². The third kappa shape index (κ3) is 6.91. The van der Waals surface area contributed by atoms with Crippen LogP contribution >= 0.6 is 0 Å². The van der Waals surface area contributed by atoms with Crippen molar-refractivity contribution in [1.82, 2.24) is 5.32 Å². The van der Waals surface area contributed by atoms with Gasteiger partial charge in [-0.3, -0.25) is 10.2 Å². The molecule has 0 aromatic heterocycles. The number of nitrogens with two attached hydrogens (primary N) is 1. The Hall–Kier alpha value is -4.73. The third-order valence-electron chi connectivity index (χ3n) is 5.56. The fourth-order valence-electron chi connectivity index (χ4n) is 3.53. The number of benzene rings is 3. The number of hydrogen-bond acceptors (Lipinski definition) is 7. The van der Waals surface area contributed by atoms with Crippen LogP contribution in [0.4, 0.5) is 5.69 Å². The first kappa shape index (κ1) is 26.9. The minimum absolute atomic E-state index is 0.0815. The Balaban J connectivity index is 2.05. The zero-order chi connectivity index (χ0) is 26.9. The molecule has 10 nitrogen and oxygen atoms in total. The average molecular weight is 507 g/mol. The Bertz CT molecular complexity index is 1250. The topological polar surface area (TPSA) is 156 Å². The van der Waals surface area contributed by atoms with E-state index >= 15 is 0 Å². The molecule has 0 saturated carbocycles. The zero-order valence-corrected chi connectivity index (χ0v) is 20.8. The fourth-order valence-corrected chi connectivity index (χ4v) is 3.53. The maximum Gasteiger partial charge on any atom is 0.344 e. The van der Waals surface area contributed by atoms with E-state index in [1.54, 1.807) is 30.3 Å². The highest BCUT2D eigenvalue weighted by molar-refractivity contribution is 5.95. The molecule has 0 heterocycles. The van der Waals surface area contributed by atoms with E-state index in [-0.39, 0.29) is 24.0 Å². The Kier molecular flexibility index (Phi) is 8.93. The summed E-state index contributed by atoms with van der Waals surface area (Å²) in [4.78, 5) is 25.1. The maximum absolute atomic E-state index is 13.6. The number of carboxylic acids is 1. The Morgan fingerprint density at radius 2 is 1.59 bits per heavy atom. The summed E-state index contributed by atoms with van der Waals surface area (Å²) in [5, 5.41) is 23.1. The highest BCUT2D eigenvalue weighted by Crippen LogP contribution is 2.39. The van der Waals surface area contributed by atoms with Crippen LogP contribution in [0, 0.1) is 5.41 Å². The second kappa shape index (κ2) is 12.3. The molecule has 3 aromatic rings. The first-order valence-electron chi connectivity index (χ1n) is 11.4.